The van der Waals surface area contributed by atoms with Gasteiger partial charge in [0.25, 0.3) is 0 Å². The molecule has 100 valence electrons. The summed E-state index contributed by atoms with van der Waals surface area (Å²) in [6.07, 6.45) is 2.22. The number of methoxy groups -OCH3 is 2. The molecule has 0 saturated carbocycles. The summed E-state index contributed by atoms with van der Waals surface area (Å²) in [6, 6.07) is 1.92. The van der Waals surface area contributed by atoms with Crippen molar-refractivity contribution in [1.29, 1.82) is 0 Å². The minimum absolute atomic E-state index is 0.303. The zero-order valence-electron chi connectivity index (χ0n) is 10.8. The van der Waals surface area contributed by atoms with Crippen molar-refractivity contribution in [2.45, 2.75) is 12.8 Å². The molecule has 0 aliphatic carbocycles. The third-order valence-electron chi connectivity index (χ3n) is 3.00. The van der Waals surface area contributed by atoms with E-state index in [4.69, 9.17) is 14.2 Å². The van der Waals surface area contributed by atoms with Gasteiger partial charge in [0.05, 0.1) is 26.9 Å². The largest absolute Gasteiger partial charge is 0.481 e. The summed E-state index contributed by atoms with van der Waals surface area (Å²) in [5.74, 6) is 1.58. The van der Waals surface area contributed by atoms with Crippen LogP contribution in [0.5, 0.6) is 17.8 Å². The molecule has 0 bridgehead atoms. The van der Waals surface area contributed by atoms with Gasteiger partial charge >= 0.3 is 6.01 Å². The lowest BCUT2D eigenvalue weighted by Crippen LogP contribution is -2.12. The number of rotatable bonds is 6. The van der Waals surface area contributed by atoms with Crippen LogP contribution in [-0.2, 0) is 0 Å². The molecule has 0 aromatic carbocycles. The third kappa shape index (κ3) is 3.46. The predicted molar refractivity (Wildman–Crippen MR) is 66.2 cm³/mol. The van der Waals surface area contributed by atoms with Crippen molar-refractivity contribution in [3.63, 3.8) is 0 Å². The summed E-state index contributed by atoms with van der Waals surface area (Å²) in [6.45, 7) is 2.79. The second-order valence-electron chi connectivity index (χ2n) is 4.23. The van der Waals surface area contributed by atoms with Crippen molar-refractivity contribution >= 4 is 0 Å². The molecule has 1 unspecified atom stereocenters. The Kier molecular flexibility index (Phi) is 4.58. The maximum absolute atomic E-state index is 5.54. The number of nitrogens with zero attached hydrogens (tertiary/aromatic N) is 2. The van der Waals surface area contributed by atoms with Gasteiger partial charge in [-0.25, -0.2) is 0 Å². The molecule has 2 rings (SSSR count). The number of aromatic nitrogens is 2. The molecule has 6 heteroatoms. The smallest absolute Gasteiger partial charge is 0.323 e. The SMILES string of the molecule is COc1cc(OC)nc(OCCC2CCNC2)n1. The normalized spacial score (nSPS) is 18.7. The van der Waals surface area contributed by atoms with Crippen LogP contribution in [0.15, 0.2) is 6.07 Å². The van der Waals surface area contributed by atoms with Gasteiger partial charge in [0, 0.05) is 0 Å². The second-order valence-corrected chi connectivity index (χ2v) is 4.23. The molecule has 1 saturated heterocycles. The van der Waals surface area contributed by atoms with Gasteiger partial charge in [-0.3, -0.25) is 0 Å². The van der Waals surface area contributed by atoms with Gasteiger partial charge in [-0.1, -0.05) is 0 Å². The predicted octanol–water partition coefficient (Wildman–Crippen LogP) is 0.872. The fraction of sp³-hybridized carbons (Fsp3) is 0.667. The quantitative estimate of drug-likeness (QED) is 0.811. The topological polar surface area (TPSA) is 65.5 Å². The minimum atomic E-state index is 0.303. The Morgan fingerprint density at radius 2 is 2.00 bits per heavy atom. The first kappa shape index (κ1) is 12.9. The molecule has 0 amide bonds. The summed E-state index contributed by atoms with van der Waals surface area (Å²) < 4.78 is 15.7. The van der Waals surface area contributed by atoms with Gasteiger partial charge in [0.1, 0.15) is 0 Å². The summed E-state index contributed by atoms with van der Waals surface area (Å²) in [5, 5.41) is 3.33. The Balaban J connectivity index is 1.87. The molecule has 0 spiro atoms. The lowest BCUT2D eigenvalue weighted by molar-refractivity contribution is 0.253. The average molecular weight is 253 g/mol. The van der Waals surface area contributed by atoms with Crippen LogP contribution in [0.25, 0.3) is 0 Å². The van der Waals surface area contributed by atoms with Crippen molar-refractivity contribution in [1.82, 2.24) is 15.3 Å². The highest BCUT2D eigenvalue weighted by atomic mass is 16.5. The molecule has 1 aromatic heterocycles. The molecule has 1 N–H and O–H groups in total. The minimum Gasteiger partial charge on any atom is -0.481 e. The Morgan fingerprint density at radius 3 is 2.56 bits per heavy atom. The summed E-state index contributed by atoms with van der Waals surface area (Å²) >= 11 is 0. The van der Waals surface area contributed by atoms with E-state index >= 15 is 0 Å². The molecular weight excluding hydrogens is 234 g/mol. The zero-order chi connectivity index (χ0) is 12.8. The van der Waals surface area contributed by atoms with Crippen LogP contribution >= 0.6 is 0 Å². The first-order valence-corrected chi connectivity index (χ1v) is 6.12. The van der Waals surface area contributed by atoms with Crippen LogP contribution in [0.3, 0.4) is 0 Å². The highest BCUT2D eigenvalue weighted by molar-refractivity contribution is 5.22. The lowest BCUT2D eigenvalue weighted by atomic mass is 10.1. The van der Waals surface area contributed by atoms with Crippen molar-refractivity contribution in [3.05, 3.63) is 6.07 Å². The monoisotopic (exact) mass is 253 g/mol. The van der Waals surface area contributed by atoms with Crippen LogP contribution in [0.2, 0.25) is 0 Å². The maximum Gasteiger partial charge on any atom is 0.323 e. The Bertz CT molecular complexity index is 359. The molecule has 1 aliphatic heterocycles. The number of hydrogen-bond acceptors (Lipinski definition) is 6. The Morgan fingerprint density at radius 1 is 1.28 bits per heavy atom. The summed E-state index contributed by atoms with van der Waals surface area (Å²) in [7, 11) is 3.10. The fourth-order valence-corrected chi connectivity index (χ4v) is 1.94. The van der Waals surface area contributed by atoms with Crippen molar-refractivity contribution in [2.75, 3.05) is 33.9 Å². The summed E-state index contributed by atoms with van der Waals surface area (Å²) in [4.78, 5) is 8.23. The first-order valence-electron chi connectivity index (χ1n) is 6.12. The van der Waals surface area contributed by atoms with Gasteiger partial charge < -0.3 is 19.5 Å². The van der Waals surface area contributed by atoms with Gasteiger partial charge in [0.15, 0.2) is 0 Å². The van der Waals surface area contributed by atoms with Crippen LogP contribution in [0, 0.1) is 5.92 Å². The van der Waals surface area contributed by atoms with Crippen molar-refractivity contribution in [3.8, 4) is 17.8 Å². The molecule has 1 fully saturated rings. The van der Waals surface area contributed by atoms with E-state index in [1.165, 1.54) is 6.42 Å². The number of nitrogens with one attached hydrogen (secondary N) is 1. The van der Waals surface area contributed by atoms with Crippen molar-refractivity contribution in [2.24, 2.45) is 5.92 Å². The molecule has 1 atom stereocenters. The standard InChI is InChI=1S/C12H19N3O3/c1-16-10-7-11(17-2)15-12(14-10)18-6-4-9-3-5-13-8-9/h7,9,13H,3-6,8H2,1-2H3. The van der Waals surface area contributed by atoms with E-state index in [0.29, 0.717) is 30.3 Å². The second kappa shape index (κ2) is 6.39. The van der Waals surface area contributed by atoms with Gasteiger partial charge in [-0.2, -0.15) is 9.97 Å². The summed E-state index contributed by atoms with van der Waals surface area (Å²) in [5.41, 5.74) is 0. The molecule has 2 heterocycles. The van der Waals surface area contributed by atoms with Crippen molar-refractivity contribution < 1.29 is 14.2 Å². The molecule has 1 aliphatic rings. The van der Waals surface area contributed by atoms with Crippen LogP contribution in [-0.4, -0.2) is 43.9 Å². The number of ether oxygens (including phenoxy) is 3. The highest BCUT2D eigenvalue weighted by Crippen LogP contribution is 2.19. The van der Waals surface area contributed by atoms with E-state index in [0.717, 1.165) is 19.5 Å². The zero-order valence-corrected chi connectivity index (χ0v) is 10.8. The molecule has 1 aromatic rings. The molecule has 6 nitrogen and oxygen atoms in total. The Hall–Kier alpha value is -1.56. The van der Waals surface area contributed by atoms with Gasteiger partial charge in [-0.15, -0.1) is 0 Å². The fourth-order valence-electron chi connectivity index (χ4n) is 1.94. The third-order valence-corrected chi connectivity index (χ3v) is 3.00. The van der Waals surface area contributed by atoms with Crippen LogP contribution < -0.4 is 19.5 Å². The van der Waals surface area contributed by atoms with E-state index in [9.17, 15) is 0 Å². The van der Waals surface area contributed by atoms with E-state index in [-0.39, 0.29) is 0 Å². The van der Waals surface area contributed by atoms with Crippen LogP contribution in [0.4, 0.5) is 0 Å². The lowest BCUT2D eigenvalue weighted by Gasteiger charge is -2.10. The average Bonchev–Trinajstić information content (AvgIpc) is 2.91. The Labute approximate surface area is 107 Å². The molecular formula is C12H19N3O3. The maximum atomic E-state index is 5.54. The first-order chi connectivity index (χ1) is 8.81. The van der Waals surface area contributed by atoms with E-state index in [2.05, 4.69) is 15.3 Å². The van der Waals surface area contributed by atoms with Gasteiger partial charge in [0.2, 0.25) is 11.8 Å². The number of hydrogen-bond donors (Lipinski definition) is 1. The molecule has 18 heavy (non-hydrogen) atoms. The molecule has 0 radical (unpaired) electrons. The van der Waals surface area contributed by atoms with E-state index in [1.807, 2.05) is 0 Å². The van der Waals surface area contributed by atoms with E-state index in [1.54, 1.807) is 20.3 Å². The van der Waals surface area contributed by atoms with Crippen LogP contribution in [0.1, 0.15) is 12.8 Å². The highest BCUT2D eigenvalue weighted by Gasteiger charge is 2.14. The van der Waals surface area contributed by atoms with E-state index < -0.39 is 0 Å². The van der Waals surface area contributed by atoms with Gasteiger partial charge in [-0.05, 0) is 31.8 Å².